The number of carbonyl (C=O) groups is 4. The van der Waals surface area contributed by atoms with Gasteiger partial charge in [0.2, 0.25) is 0 Å². The molecule has 0 aliphatic heterocycles. The van der Waals surface area contributed by atoms with Gasteiger partial charge in [0, 0.05) is 25.2 Å². The third-order valence-electron chi connectivity index (χ3n) is 8.17. The third kappa shape index (κ3) is 11.7. The maximum absolute atomic E-state index is 12.7. The summed E-state index contributed by atoms with van der Waals surface area (Å²) >= 11 is 0. The van der Waals surface area contributed by atoms with Crippen molar-refractivity contribution in [2.45, 2.75) is 31.5 Å². The van der Waals surface area contributed by atoms with E-state index in [-0.39, 0.29) is 38.3 Å². The Labute approximate surface area is 274 Å². The molecule has 2 aliphatic carbocycles. The van der Waals surface area contributed by atoms with E-state index in [2.05, 4.69) is 23.8 Å². The molecule has 2 saturated carbocycles. The zero-order valence-corrected chi connectivity index (χ0v) is 26.3. The van der Waals surface area contributed by atoms with Crippen LogP contribution < -0.4 is 20.1 Å². The second kappa shape index (κ2) is 18.2. The van der Waals surface area contributed by atoms with E-state index in [0.717, 1.165) is 31.4 Å². The zero-order chi connectivity index (χ0) is 33.4. The van der Waals surface area contributed by atoms with E-state index in [1.807, 2.05) is 36.4 Å². The van der Waals surface area contributed by atoms with Gasteiger partial charge in [0.15, 0.2) is 12.2 Å². The number of fused-ring (bicyclic) bond motifs is 2. The Hall–Kier alpha value is -5.00. The van der Waals surface area contributed by atoms with Crippen LogP contribution in [0.5, 0.6) is 11.5 Å². The highest BCUT2D eigenvalue weighted by Gasteiger charge is 2.46. The molecular weight excluding hydrogens is 608 g/mol. The summed E-state index contributed by atoms with van der Waals surface area (Å²) in [7, 11) is 0. The van der Waals surface area contributed by atoms with Crippen molar-refractivity contribution in [3.8, 4) is 11.5 Å². The first-order valence-corrected chi connectivity index (χ1v) is 15.7. The van der Waals surface area contributed by atoms with Crippen LogP contribution in [0.1, 0.15) is 19.3 Å². The topological polar surface area (TPSA) is 148 Å². The van der Waals surface area contributed by atoms with Crippen LogP contribution in [0.3, 0.4) is 0 Å². The van der Waals surface area contributed by atoms with Gasteiger partial charge in [0.05, 0.1) is 0 Å². The van der Waals surface area contributed by atoms with Crippen molar-refractivity contribution in [1.82, 2.24) is 10.6 Å². The van der Waals surface area contributed by atoms with Crippen LogP contribution in [-0.2, 0) is 28.5 Å². The van der Waals surface area contributed by atoms with E-state index in [0.29, 0.717) is 36.4 Å². The highest BCUT2D eigenvalue weighted by Crippen LogP contribution is 2.51. The summed E-state index contributed by atoms with van der Waals surface area (Å²) in [5.74, 6) is 1.16. The van der Waals surface area contributed by atoms with Crippen molar-refractivity contribution in [2.75, 3.05) is 39.5 Å². The molecule has 2 amide bonds. The SMILES string of the molecule is C=CC(=O)OCC(COc1ccccc1)OC(=O)NCC1CC2CC(CNC(=O)OC(COC(=O)C=C)COc3ccccc3)C1C2. The van der Waals surface area contributed by atoms with Crippen LogP contribution in [0.15, 0.2) is 86.0 Å². The van der Waals surface area contributed by atoms with Gasteiger partial charge in [-0.1, -0.05) is 49.6 Å². The molecule has 252 valence electrons. The van der Waals surface area contributed by atoms with Crippen molar-refractivity contribution in [3.63, 3.8) is 0 Å². The lowest BCUT2D eigenvalue weighted by molar-refractivity contribution is -0.142. The molecule has 47 heavy (non-hydrogen) atoms. The summed E-state index contributed by atoms with van der Waals surface area (Å²) in [5.41, 5.74) is 0. The van der Waals surface area contributed by atoms with Crippen LogP contribution in [0.25, 0.3) is 0 Å². The standard InChI is InChI=1S/C35H42N2O10/c1-3-32(38)44-22-29(20-42-27-11-7-5-8-12-27)46-34(40)36-18-25-15-24-16-26(31(25)17-24)19-37-35(41)47-30(23-45-33(39)4-2)21-43-28-13-9-6-10-14-28/h3-14,24-26,29-31H,1-2,15-23H2,(H,36,40)(H,37,41). The highest BCUT2D eigenvalue weighted by atomic mass is 16.6. The molecule has 0 saturated heterocycles. The lowest BCUT2D eigenvalue weighted by atomic mass is 9.80. The van der Waals surface area contributed by atoms with Gasteiger partial charge in [-0.2, -0.15) is 0 Å². The molecule has 0 heterocycles. The number of benzene rings is 2. The number of nitrogens with one attached hydrogen (secondary N) is 2. The smallest absolute Gasteiger partial charge is 0.407 e. The first kappa shape index (κ1) is 34.9. The molecule has 12 nitrogen and oxygen atoms in total. The molecule has 2 N–H and O–H groups in total. The predicted molar refractivity (Wildman–Crippen MR) is 171 cm³/mol. The lowest BCUT2D eigenvalue weighted by Gasteiger charge is -2.30. The Balaban J connectivity index is 1.22. The Morgan fingerprint density at radius 2 is 1.09 bits per heavy atom. The number of hydrogen-bond acceptors (Lipinski definition) is 10. The van der Waals surface area contributed by atoms with Crippen molar-refractivity contribution in [3.05, 3.63) is 86.0 Å². The van der Waals surface area contributed by atoms with Gasteiger partial charge in [-0.05, 0) is 67.2 Å². The average Bonchev–Trinajstić information content (AvgIpc) is 3.70. The maximum Gasteiger partial charge on any atom is 0.407 e. The summed E-state index contributed by atoms with van der Waals surface area (Å²) in [4.78, 5) is 48.6. The summed E-state index contributed by atoms with van der Waals surface area (Å²) in [5, 5.41) is 5.71. The largest absolute Gasteiger partial charge is 0.490 e. The Morgan fingerprint density at radius 1 is 0.660 bits per heavy atom. The molecule has 4 rings (SSSR count). The molecule has 2 bridgehead atoms. The summed E-state index contributed by atoms with van der Waals surface area (Å²) in [6.45, 7) is 7.21. The van der Waals surface area contributed by atoms with Crippen LogP contribution in [0.4, 0.5) is 9.59 Å². The summed E-state index contributed by atoms with van der Waals surface area (Å²) in [6.07, 6.45) is 2.09. The highest BCUT2D eigenvalue weighted by molar-refractivity contribution is 5.81. The molecular formula is C35H42N2O10. The predicted octanol–water partition coefficient (Wildman–Crippen LogP) is 4.45. The maximum atomic E-state index is 12.7. The lowest BCUT2D eigenvalue weighted by Crippen LogP contribution is -2.41. The zero-order valence-electron chi connectivity index (χ0n) is 26.3. The minimum absolute atomic E-state index is 0.00421. The minimum atomic E-state index is -0.829. The fraction of sp³-hybridized carbons (Fsp3) is 0.429. The van der Waals surface area contributed by atoms with Crippen LogP contribution in [0.2, 0.25) is 0 Å². The van der Waals surface area contributed by atoms with Gasteiger partial charge in [0.25, 0.3) is 0 Å². The normalized spacial score (nSPS) is 20.5. The van der Waals surface area contributed by atoms with Gasteiger partial charge in [-0.3, -0.25) is 0 Å². The number of para-hydroxylation sites is 2. The van der Waals surface area contributed by atoms with Crippen molar-refractivity contribution in [2.24, 2.45) is 23.7 Å². The molecule has 2 aliphatic rings. The summed E-state index contributed by atoms with van der Waals surface area (Å²) in [6, 6.07) is 18.1. The summed E-state index contributed by atoms with van der Waals surface area (Å²) < 4.78 is 32.6. The van der Waals surface area contributed by atoms with Crippen LogP contribution in [0, 0.1) is 23.7 Å². The number of alkyl carbamates (subject to hydrolysis) is 2. The molecule has 4 atom stereocenters. The second-order valence-electron chi connectivity index (χ2n) is 11.5. The van der Waals surface area contributed by atoms with E-state index in [1.165, 1.54) is 0 Å². The number of hydrogen-bond donors (Lipinski definition) is 2. The van der Waals surface area contributed by atoms with Gasteiger partial charge in [0.1, 0.15) is 37.9 Å². The van der Waals surface area contributed by atoms with E-state index in [9.17, 15) is 19.2 Å². The number of amides is 2. The van der Waals surface area contributed by atoms with Crippen molar-refractivity contribution < 1.29 is 47.6 Å². The van der Waals surface area contributed by atoms with E-state index in [1.54, 1.807) is 24.3 Å². The van der Waals surface area contributed by atoms with Gasteiger partial charge >= 0.3 is 24.1 Å². The molecule has 12 heteroatoms. The number of ether oxygens (including phenoxy) is 6. The quantitative estimate of drug-likeness (QED) is 0.135. The Kier molecular flexibility index (Phi) is 13.5. The first-order valence-electron chi connectivity index (χ1n) is 15.7. The Morgan fingerprint density at radius 3 is 1.47 bits per heavy atom. The van der Waals surface area contributed by atoms with Gasteiger partial charge in [-0.15, -0.1) is 0 Å². The molecule has 0 aromatic heterocycles. The average molecular weight is 651 g/mol. The fourth-order valence-electron chi connectivity index (χ4n) is 6.05. The molecule has 2 aromatic rings. The molecule has 4 unspecified atom stereocenters. The van der Waals surface area contributed by atoms with Crippen molar-refractivity contribution >= 4 is 24.1 Å². The molecule has 0 spiro atoms. The van der Waals surface area contributed by atoms with Gasteiger partial charge < -0.3 is 39.1 Å². The molecule has 0 radical (unpaired) electrons. The van der Waals surface area contributed by atoms with E-state index < -0.39 is 36.3 Å². The number of rotatable bonds is 18. The van der Waals surface area contributed by atoms with Crippen LogP contribution >= 0.6 is 0 Å². The second-order valence-corrected chi connectivity index (χ2v) is 11.5. The first-order chi connectivity index (χ1) is 22.8. The van der Waals surface area contributed by atoms with E-state index in [4.69, 9.17) is 28.4 Å². The van der Waals surface area contributed by atoms with Gasteiger partial charge in [-0.25, -0.2) is 19.2 Å². The van der Waals surface area contributed by atoms with E-state index >= 15 is 0 Å². The van der Waals surface area contributed by atoms with Crippen LogP contribution in [-0.4, -0.2) is 75.9 Å². The number of esters is 2. The van der Waals surface area contributed by atoms with Crippen molar-refractivity contribution in [1.29, 1.82) is 0 Å². The monoisotopic (exact) mass is 650 g/mol. The Bertz CT molecular complexity index is 1240. The third-order valence-corrected chi connectivity index (χ3v) is 8.17. The molecule has 2 fully saturated rings. The minimum Gasteiger partial charge on any atom is -0.490 e. The number of carbonyl (C=O) groups excluding carboxylic acids is 4. The molecule has 2 aromatic carbocycles. The fourth-order valence-corrected chi connectivity index (χ4v) is 6.05.